The predicted molar refractivity (Wildman–Crippen MR) is 57.0 cm³/mol. The van der Waals surface area contributed by atoms with Crippen LogP contribution in [0, 0.1) is 5.92 Å². The number of rotatable bonds is 8. The number of carbonyl (C=O) groups is 1. The van der Waals surface area contributed by atoms with Crippen molar-refractivity contribution in [2.24, 2.45) is 5.92 Å². The first-order valence-electron chi connectivity index (χ1n) is 5.31. The van der Waals surface area contributed by atoms with Gasteiger partial charge in [-0.3, -0.25) is 4.79 Å². The van der Waals surface area contributed by atoms with E-state index in [9.17, 15) is 4.79 Å². The smallest absolute Gasteiger partial charge is 0.224 e. The Morgan fingerprint density at radius 3 is 2.71 bits per heavy atom. The lowest BCUT2D eigenvalue weighted by molar-refractivity contribution is -0.124. The topological polar surface area (TPSA) is 61.4 Å². The van der Waals surface area contributed by atoms with E-state index in [0.717, 1.165) is 25.9 Å². The standard InChI is InChI=1S/C10H22N2O2/c1-3-11-8-9(2)10(14)12-6-4-5-7-13/h9,11,13H,3-8H2,1-2H3,(H,12,14). The van der Waals surface area contributed by atoms with Crippen LogP contribution in [-0.2, 0) is 4.79 Å². The van der Waals surface area contributed by atoms with Crippen molar-refractivity contribution >= 4 is 5.91 Å². The third-order valence-electron chi connectivity index (χ3n) is 2.03. The van der Waals surface area contributed by atoms with Gasteiger partial charge in [-0.2, -0.15) is 0 Å². The minimum atomic E-state index is 0.0177. The van der Waals surface area contributed by atoms with Gasteiger partial charge in [0.2, 0.25) is 5.91 Å². The van der Waals surface area contributed by atoms with Gasteiger partial charge in [0.1, 0.15) is 0 Å². The van der Waals surface area contributed by atoms with Gasteiger partial charge < -0.3 is 15.7 Å². The Morgan fingerprint density at radius 1 is 1.43 bits per heavy atom. The Bertz CT molecular complexity index is 151. The van der Waals surface area contributed by atoms with Gasteiger partial charge in [0.25, 0.3) is 0 Å². The zero-order valence-electron chi connectivity index (χ0n) is 9.18. The molecular weight excluding hydrogens is 180 g/mol. The van der Waals surface area contributed by atoms with Crippen LogP contribution in [0.5, 0.6) is 0 Å². The molecule has 1 atom stereocenters. The van der Waals surface area contributed by atoms with Crippen molar-refractivity contribution in [1.82, 2.24) is 10.6 Å². The van der Waals surface area contributed by atoms with Gasteiger partial charge in [0, 0.05) is 25.6 Å². The molecule has 0 spiro atoms. The Kier molecular flexibility index (Phi) is 8.57. The number of hydrogen-bond donors (Lipinski definition) is 3. The van der Waals surface area contributed by atoms with E-state index in [1.165, 1.54) is 0 Å². The molecule has 0 aromatic carbocycles. The Morgan fingerprint density at radius 2 is 2.14 bits per heavy atom. The van der Waals surface area contributed by atoms with Gasteiger partial charge in [-0.1, -0.05) is 13.8 Å². The molecule has 3 N–H and O–H groups in total. The first-order chi connectivity index (χ1) is 6.72. The molecule has 0 fully saturated rings. The van der Waals surface area contributed by atoms with Gasteiger partial charge in [0.15, 0.2) is 0 Å². The summed E-state index contributed by atoms with van der Waals surface area (Å²) in [4.78, 5) is 11.4. The molecule has 0 heterocycles. The molecule has 0 bridgehead atoms. The number of unbranched alkanes of at least 4 members (excludes halogenated alkanes) is 1. The predicted octanol–water partition coefficient (Wildman–Crippen LogP) is 0.121. The molecule has 0 saturated heterocycles. The monoisotopic (exact) mass is 202 g/mol. The fourth-order valence-electron chi connectivity index (χ4n) is 1.08. The SMILES string of the molecule is CCNCC(C)C(=O)NCCCCO. The highest BCUT2D eigenvalue weighted by molar-refractivity contribution is 5.78. The van der Waals surface area contributed by atoms with Crippen LogP contribution in [0.1, 0.15) is 26.7 Å². The molecule has 4 nitrogen and oxygen atoms in total. The van der Waals surface area contributed by atoms with E-state index >= 15 is 0 Å². The lowest BCUT2D eigenvalue weighted by atomic mass is 10.1. The minimum Gasteiger partial charge on any atom is -0.396 e. The zero-order chi connectivity index (χ0) is 10.8. The molecule has 0 rings (SSSR count). The van der Waals surface area contributed by atoms with Crippen LogP contribution in [0.4, 0.5) is 0 Å². The maximum absolute atomic E-state index is 11.4. The van der Waals surface area contributed by atoms with Crippen LogP contribution in [0.15, 0.2) is 0 Å². The third-order valence-corrected chi connectivity index (χ3v) is 2.03. The molecule has 14 heavy (non-hydrogen) atoms. The van der Waals surface area contributed by atoms with Crippen LogP contribution in [-0.4, -0.2) is 37.3 Å². The molecule has 0 aromatic rings. The van der Waals surface area contributed by atoms with E-state index in [1.807, 2.05) is 13.8 Å². The maximum Gasteiger partial charge on any atom is 0.224 e. The van der Waals surface area contributed by atoms with Gasteiger partial charge >= 0.3 is 0 Å². The number of nitrogens with one attached hydrogen (secondary N) is 2. The minimum absolute atomic E-state index is 0.0177. The second-order valence-electron chi connectivity index (χ2n) is 3.43. The van der Waals surface area contributed by atoms with Crippen molar-refractivity contribution in [2.75, 3.05) is 26.2 Å². The second kappa shape index (κ2) is 8.97. The summed E-state index contributed by atoms with van der Waals surface area (Å²) in [5.41, 5.74) is 0. The molecule has 0 aliphatic rings. The van der Waals surface area contributed by atoms with Crippen LogP contribution in [0.3, 0.4) is 0 Å². The number of hydrogen-bond acceptors (Lipinski definition) is 3. The van der Waals surface area contributed by atoms with Gasteiger partial charge in [-0.15, -0.1) is 0 Å². The first-order valence-corrected chi connectivity index (χ1v) is 5.31. The highest BCUT2D eigenvalue weighted by Gasteiger charge is 2.10. The summed E-state index contributed by atoms with van der Waals surface area (Å²) < 4.78 is 0. The molecule has 1 amide bonds. The average molecular weight is 202 g/mol. The summed E-state index contributed by atoms with van der Waals surface area (Å²) in [6.45, 7) is 6.40. The van der Waals surface area contributed by atoms with Crippen LogP contribution < -0.4 is 10.6 Å². The van der Waals surface area contributed by atoms with Gasteiger partial charge in [-0.25, -0.2) is 0 Å². The fourth-order valence-corrected chi connectivity index (χ4v) is 1.08. The van der Waals surface area contributed by atoms with Gasteiger partial charge in [0.05, 0.1) is 0 Å². The van der Waals surface area contributed by atoms with Gasteiger partial charge in [-0.05, 0) is 19.4 Å². The Labute approximate surface area is 86.1 Å². The zero-order valence-corrected chi connectivity index (χ0v) is 9.18. The lowest BCUT2D eigenvalue weighted by Crippen LogP contribution is -2.35. The molecule has 0 aromatic heterocycles. The van der Waals surface area contributed by atoms with Crippen LogP contribution >= 0.6 is 0 Å². The van der Waals surface area contributed by atoms with Crippen molar-refractivity contribution < 1.29 is 9.90 Å². The summed E-state index contributed by atoms with van der Waals surface area (Å²) in [6, 6.07) is 0. The summed E-state index contributed by atoms with van der Waals surface area (Å²) in [5, 5.41) is 14.5. The summed E-state index contributed by atoms with van der Waals surface area (Å²) >= 11 is 0. The molecule has 0 aliphatic heterocycles. The Hall–Kier alpha value is -0.610. The fraction of sp³-hybridized carbons (Fsp3) is 0.900. The van der Waals surface area contributed by atoms with Crippen molar-refractivity contribution in [2.45, 2.75) is 26.7 Å². The first kappa shape index (κ1) is 13.4. The summed E-state index contributed by atoms with van der Waals surface area (Å²) in [5.74, 6) is 0.105. The van der Waals surface area contributed by atoms with Crippen molar-refractivity contribution in [3.8, 4) is 0 Å². The molecule has 0 radical (unpaired) electrons. The van der Waals surface area contributed by atoms with E-state index in [2.05, 4.69) is 10.6 Å². The van der Waals surface area contributed by atoms with E-state index in [-0.39, 0.29) is 18.4 Å². The molecule has 0 aliphatic carbocycles. The highest BCUT2D eigenvalue weighted by atomic mass is 16.2. The van der Waals surface area contributed by atoms with E-state index < -0.39 is 0 Å². The van der Waals surface area contributed by atoms with E-state index in [4.69, 9.17) is 5.11 Å². The molecule has 84 valence electrons. The Balaban J connectivity index is 3.42. The second-order valence-corrected chi connectivity index (χ2v) is 3.43. The maximum atomic E-state index is 11.4. The average Bonchev–Trinajstić information content (AvgIpc) is 2.20. The number of aliphatic hydroxyl groups excluding tert-OH is 1. The molecule has 4 heteroatoms. The highest BCUT2D eigenvalue weighted by Crippen LogP contribution is 1.93. The van der Waals surface area contributed by atoms with Crippen LogP contribution in [0.25, 0.3) is 0 Å². The molecule has 0 saturated carbocycles. The summed E-state index contributed by atoms with van der Waals surface area (Å²) in [7, 11) is 0. The normalized spacial score (nSPS) is 12.5. The van der Waals surface area contributed by atoms with E-state index in [1.54, 1.807) is 0 Å². The largest absolute Gasteiger partial charge is 0.396 e. The van der Waals surface area contributed by atoms with Crippen molar-refractivity contribution in [3.05, 3.63) is 0 Å². The van der Waals surface area contributed by atoms with Crippen molar-refractivity contribution in [1.29, 1.82) is 0 Å². The van der Waals surface area contributed by atoms with Crippen LogP contribution in [0.2, 0.25) is 0 Å². The molecular formula is C10H22N2O2. The quantitative estimate of drug-likeness (QED) is 0.490. The number of carbonyl (C=O) groups excluding carboxylic acids is 1. The summed E-state index contributed by atoms with van der Waals surface area (Å²) in [6.07, 6.45) is 1.60. The lowest BCUT2D eigenvalue weighted by Gasteiger charge is -2.11. The van der Waals surface area contributed by atoms with E-state index in [0.29, 0.717) is 6.54 Å². The van der Waals surface area contributed by atoms with Crippen molar-refractivity contribution in [3.63, 3.8) is 0 Å². The number of aliphatic hydroxyl groups is 1. The molecule has 1 unspecified atom stereocenters. The number of amides is 1. The third kappa shape index (κ3) is 6.86.